The van der Waals surface area contributed by atoms with E-state index in [4.69, 9.17) is 4.74 Å². The average Bonchev–Trinajstić information content (AvgIpc) is 2.78. The van der Waals surface area contributed by atoms with Crippen LogP contribution in [0.25, 0.3) is 0 Å². The summed E-state index contributed by atoms with van der Waals surface area (Å²) in [5, 5.41) is 9.70. The molecule has 3 heteroatoms. The van der Waals surface area contributed by atoms with Gasteiger partial charge in [0.25, 0.3) is 0 Å². The van der Waals surface area contributed by atoms with Crippen molar-refractivity contribution in [2.45, 2.75) is 19.4 Å². The Labute approximate surface area is 115 Å². The molecule has 1 unspecified atom stereocenters. The maximum Gasteiger partial charge on any atom is 0.0477 e. The molecule has 1 spiro atoms. The Hall–Kier alpha value is -0.900. The molecule has 104 valence electrons. The molecule has 3 rings (SSSR count). The lowest BCUT2D eigenvalue weighted by Crippen LogP contribution is -2.38. The van der Waals surface area contributed by atoms with Crippen molar-refractivity contribution >= 4 is 0 Å². The summed E-state index contributed by atoms with van der Waals surface area (Å²) < 4.78 is 5.50. The standard InChI is InChI=1S/C16H23NO2/c18-12-15-11-17(10-14-4-2-1-3-5-14)13-16(15)6-8-19-9-7-16/h1-5,15,18H,6-13H2. The van der Waals surface area contributed by atoms with Gasteiger partial charge in [-0.1, -0.05) is 30.3 Å². The first kappa shape index (κ1) is 13.1. The number of aliphatic hydroxyl groups is 1. The molecule has 2 fully saturated rings. The van der Waals surface area contributed by atoms with Gasteiger partial charge in [0, 0.05) is 45.4 Å². The molecule has 2 aliphatic rings. The first-order valence-electron chi connectivity index (χ1n) is 7.27. The number of aliphatic hydroxyl groups excluding tert-OH is 1. The molecule has 1 aromatic carbocycles. The van der Waals surface area contributed by atoms with Gasteiger partial charge in [-0.3, -0.25) is 4.90 Å². The molecule has 0 aliphatic carbocycles. The van der Waals surface area contributed by atoms with E-state index in [0.29, 0.717) is 17.9 Å². The van der Waals surface area contributed by atoms with Crippen LogP contribution < -0.4 is 0 Å². The minimum Gasteiger partial charge on any atom is -0.396 e. The van der Waals surface area contributed by atoms with Crippen molar-refractivity contribution in [3.05, 3.63) is 35.9 Å². The second-order valence-corrected chi connectivity index (χ2v) is 6.01. The van der Waals surface area contributed by atoms with Gasteiger partial charge in [0.1, 0.15) is 0 Å². The predicted octanol–water partition coefficient (Wildman–Crippen LogP) is 1.91. The Morgan fingerprint density at radius 3 is 2.63 bits per heavy atom. The Balaban J connectivity index is 1.69. The van der Waals surface area contributed by atoms with Gasteiger partial charge in [-0.25, -0.2) is 0 Å². The number of likely N-dealkylation sites (tertiary alicyclic amines) is 1. The van der Waals surface area contributed by atoms with Crippen LogP contribution in [0.5, 0.6) is 0 Å². The molecule has 0 bridgehead atoms. The lowest BCUT2D eigenvalue weighted by Gasteiger charge is -2.37. The number of hydrogen-bond donors (Lipinski definition) is 1. The summed E-state index contributed by atoms with van der Waals surface area (Å²) in [6.07, 6.45) is 2.20. The third-order valence-electron chi connectivity index (χ3n) is 4.84. The summed E-state index contributed by atoms with van der Waals surface area (Å²) in [5.41, 5.74) is 1.66. The van der Waals surface area contributed by atoms with Crippen LogP contribution in [-0.2, 0) is 11.3 Å². The van der Waals surface area contributed by atoms with Gasteiger partial charge in [0.05, 0.1) is 0 Å². The molecule has 19 heavy (non-hydrogen) atoms. The zero-order chi connectivity index (χ0) is 13.1. The summed E-state index contributed by atoms with van der Waals surface area (Å²) in [7, 11) is 0. The monoisotopic (exact) mass is 261 g/mol. The highest BCUT2D eigenvalue weighted by atomic mass is 16.5. The van der Waals surface area contributed by atoms with Crippen LogP contribution in [0.1, 0.15) is 18.4 Å². The van der Waals surface area contributed by atoms with Crippen molar-refractivity contribution < 1.29 is 9.84 Å². The largest absolute Gasteiger partial charge is 0.396 e. The molecular weight excluding hydrogens is 238 g/mol. The summed E-state index contributed by atoms with van der Waals surface area (Å²) >= 11 is 0. The van der Waals surface area contributed by atoms with E-state index in [2.05, 4.69) is 35.2 Å². The average molecular weight is 261 g/mol. The van der Waals surface area contributed by atoms with Gasteiger partial charge < -0.3 is 9.84 Å². The normalized spacial score (nSPS) is 26.9. The molecule has 3 nitrogen and oxygen atoms in total. The van der Waals surface area contributed by atoms with E-state index in [1.54, 1.807) is 0 Å². The maximum absolute atomic E-state index is 9.70. The second kappa shape index (κ2) is 5.61. The van der Waals surface area contributed by atoms with E-state index in [0.717, 1.165) is 45.7 Å². The van der Waals surface area contributed by atoms with Crippen LogP contribution >= 0.6 is 0 Å². The van der Waals surface area contributed by atoms with E-state index in [1.165, 1.54) is 5.56 Å². The summed E-state index contributed by atoms with van der Waals surface area (Å²) in [4.78, 5) is 2.50. The highest BCUT2D eigenvalue weighted by molar-refractivity contribution is 5.15. The van der Waals surface area contributed by atoms with Crippen molar-refractivity contribution in [2.75, 3.05) is 32.9 Å². The van der Waals surface area contributed by atoms with Crippen molar-refractivity contribution in [3.63, 3.8) is 0 Å². The van der Waals surface area contributed by atoms with Gasteiger partial charge in [-0.2, -0.15) is 0 Å². The summed E-state index contributed by atoms with van der Waals surface area (Å²) in [5.74, 6) is 0.417. The molecular formula is C16H23NO2. The van der Waals surface area contributed by atoms with Crippen LogP contribution in [0, 0.1) is 11.3 Å². The quantitative estimate of drug-likeness (QED) is 0.902. The van der Waals surface area contributed by atoms with Gasteiger partial charge in [-0.15, -0.1) is 0 Å². The predicted molar refractivity (Wildman–Crippen MR) is 74.8 cm³/mol. The topological polar surface area (TPSA) is 32.7 Å². The Bertz CT molecular complexity index is 400. The van der Waals surface area contributed by atoms with Crippen molar-refractivity contribution in [2.24, 2.45) is 11.3 Å². The van der Waals surface area contributed by atoms with Crippen molar-refractivity contribution in [1.29, 1.82) is 0 Å². The number of nitrogens with zero attached hydrogens (tertiary/aromatic N) is 1. The van der Waals surface area contributed by atoms with Gasteiger partial charge >= 0.3 is 0 Å². The van der Waals surface area contributed by atoms with Gasteiger partial charge in [0.2, 0.25) is 0 Å². The molecule has 1 N–H and O–H groups in total. The second-order valence-electron chi connectivity index (χ2n) is 6.01. The number of benzene rings is 1. The van der Waals surface area contributed by atoms with E-state index < -0.39 is 0 Å². The smallest absolute Gasteiger partial charge is 0.0477 e. The van der Waals surface area contributed by atoms with E-state index in [-0.39, 0.29) is 0 Å². The molecule has 0 aromatic heterocycles. The minimum atomic E-state index is 0.293. The molecule has 2 heterocycles. The van der Waals surface area contributed by atoms with Gasteiger partial charge in [-0.05, 0) is 23.8 Å². The van der Waals surface area contributed by atoms with Gasteiger partial charge in [0.15, 0.2) is 0 Å². The van der Waals surface area contributed by atoms with E-state index >= 15 is 0 Å². The summed E-state index contributed by atoms with van der Waals surface area (Å²) in [6, 6.07) is 10.6. The fourth-order valence-electron chi connectivity index (χ4n) is 3.70. The third kappa shape index (κ3) is 2.69. The van der Waals surface area contributed by atoms with E-state index in [1.807, 2.05) is 0 Å². The first-order chi connectivity index (χ1) is 9.32. The summed E-state index contributed by atoms with van der Waals surface area (Å²) in [6.45, 7) is 5.15. The molecule has 1 aromatic rings. The highest BCUT2D eigenvalue weighted by Gasteiger charge is 2.46. The first-order valence-corrected chi connectivity index (χ1v) is 7.27. The van der Waals surface area contributed by atoms with Crippen LogP contribution in [0.4, 0.5) is 0 Å². The van der Waals surface area contributed by atoms with E-state index in [9.17, 15) is 5.11 Å². The number of rotatable bonds is 3. The zero-order valence-corrected chi connectivity index (χ0v) is 11.4. The third-order valence-corrected chi connectivity index (χ3v) is 4.84. The van der Waals surface area contributed by atoms with Crippen LogP contribution in [0.15, 0.2) is 30.3 Å². The Morgan fingerprint density at radius 2 is 1.95 bits per heavy atom. The zero-order valence-electron chi connectivity index (χ0n) is 11.4. The molecule has 2 saturated heterocycles. The molecule has 0 amide bonds. The van der Waals surface area contributed by atoms with Crippen LogP contribution in [-0.4, -0.2) is 42.9 Å². The molecule has 1 atom stereocenters. The maximum atomic E-state index is 9.70. The lowest BCUT2D eigenvalue weighted by molar-refractivity contribution is -0.0118. The molecule has 0 saturated carbocycles. The fourth-order valence-corrected chi connectivity index (χ4v) is 3.70. The number of ether oxygens (including phenoxy) is 1. The molecule has 0 radical (unpaired) electrons. The fraction of sp³-hybridized carbons (Fsp3) is 0.625. The van der Waals surface area contributed by atoms with Crippen molar-refractivity contribution in [1.82, 2.24) is 4.90 Å². The van der Waals surface area contributed by atoms with Crippen LogP contribution in [0.2, 0.25) is 0 Å². The van der Waals surface area contributed by atoms with Crippen LogP contribution in [0.3, 0.4) is 0 Å². The minimum absolute atomic E-state index is 0.293. The lowest BCUT2D eigenvalue weighted by atomic mass is 9.72. The highest BCUT2D eigenvalue weighted by Crippen LogP contribution is 2.44. The molecule has 2 aliphatic heterocycles. The SMILES string of the molecule is OCC1CN(Cc2ccccc2)CC12CCOCC2. The number of hydrogen-bond acceptors (Lipinski definition) is 3. The Morgan fingerprint density at radius 1 is 1.21 bits per heavy atom. The van der Waals surface area contributed by atoms with Crippen molar-refractivity contribution in [3.8, 4) is 0 Å². The Kier molecular flexibility index (Phi) is 3.87.